The van der Waals surface area contributed by atoms with Crippen molar-refractivity contribution >= 4 is 29.1 Å². The number of aryl methyl sites for hydroxylation is 1. The van der Waals surface area contributed by atoms with Gasteiger partial charge >= 0.3 is 6.03 Å². The molecule has 3 amide bonds. The summed E-state index contributed by atoms with van der Waals surface area (Å²) in [7, 11) is 0. The van der Waals surface area contributed by atoms with Crippen molar-refractivity contribution in [1.29, 1.82) is 0 Å². The number of nitrogens with one attached hydrogen (secondary N) is 1. The van der Waals surface area contributed by atoms with Gasteiger partial charge < -0.3 is 10.2 Å². The molecule has 33 heavy (non-hydrogen) atoms. The maximum absolute atomic E-state index is 13.2. The van der Waals surface area contributed by atoms with Crippen molar-refractivity contribution in [2.24, 2.45) is 0 Å². The maximum Gasteiger partial charge on any atom is 0.324 e. The number of carbonyl (C=O) groups is 3. The van der Waals surface area contributed by atoms with Crippen LogP contribution in [-0.4, -0.2) is 35.7 Å². The smallest absolute Gasteiger partial charge is 0.321 e. The van der Waals surface area contributed by atoms with Crippen molar-refractivity contribution in [3.05, 3.63) is 95.1 Å². The van der Waals surface area contributed by atoms with Gasteiger partial charge in [0.15, 0.2) is 5.78 Å². The fraction of sp³-hybridized carbons (Fsp3) is 0.222. The van der Waals surface area contributed by atoms with E-state index in [0.717, 1.165) is 17.5 Å². The fourth-order valence-electron chi connectivity index (χ4n) is 4.07. The van der Waals surface area contributed by atoms with Crippen LogP contribution in [0.2, 0.25) is 0 Å². The molecule has 6 heteroatoms. The van der Waals surface area contributed by atoms with Crippen LogP contribution in [0.3, 0.4) is 0 Å². The molecule has 3 aromatic rings. The summed E-state index contributed by atoms with van der Waals surface area (Å²) in [5.41, 5.74) is 4.33. The van der Waals surface area contributed by atoms with Crippen LogP contribution in [0.5, 0.6) is 0 Å². The van der Waals surface area contributed by atoms with Crippen LogP contribution in [0.15, 0.2) is 72.8 Å². The third-order valence-corrected chi connectivity index (χ3v) is 5.91. The van der Waals surface area contributed by atoms with E-state index < -0.39 is 0 Å². The molecule has 1 saturated heterocycles. The summed E-state index contributed by atoms with van der Waals surface area (Å²) >= 11 is 0. The van der Waals surface area contributed by atoms with Gasteiger partial charge in [-0.2, -0.15) is 0 Å². The average Bonchev–Trinajstić information content (AvgIpc) is 2.82. The Morgan fingerprint density at radius 3 is 2.48 bits per heavy atom. The SMILES string of the molecule is CC(=O)c1ccccc1NC(=O)c1cccc(N2CCCN(Cc3ccccc3C)C2=O)c1. The van der Waals surface area contributed by atoms with Crippen LogP contribution in [0.25, 0.3) is 0 Å². The molecule has 3 aromatic carbocycles. The molecule has 1 fully saturated rings. The molecule has 1 N–H and O–H groups in total. The van der Waals surface area contributed by atoms with Gasteiger partial charge in [-0.3, -0.25) is 14.5 Å². The van der Waals surface area contributed by atoms with E-state index in [0.29, 0.717) is 42.1 Å². The van der Waals surface area contributed by atoms with Gasteiger partial charge in [0.1, 0.15) is 0 Å². The third kappa shape index (κ3) is 4.95. The number of nitrogens with zero attached hydrogens (tertiary/aromatic N) is 2. The number of hydrogen-bond acceptors (Lipinski definition) is 3. The standard InChI is InChI=1S/C27H27N3O3/c1-19-9-3-4-10-22(19)18-29-15-8-16-30(27(29)33)23-12-7-11-21(17-23)26(32)28-25-14-6-5-13-24(25)20(2)31/h3-7,9-14,17H,8,15-16,18H2,1-2H3,(H,28,32). The molecule has 1 heterocycles. The van der Waals surface area contributed by atoms with Crippen molar-refractivity contribution in [3.8, 4) is 0 Å². The quantitative estimate of drug-likeness (QED) is 0.529. The van der Waals surface area contributed by atoms with E-state index >= 15 is 0 Å². The van der Waals surface area contributed by atoms with Crippen LogP contribution in [0.4, 0.5) is 16.2 Å². The summed E-state index contributed by atoms with van der Waals surface area (Å²) in [4.78, 5) is 41.6. The van der Waals surface area contributed by atoms with Crippen LogP contribution in [-0.2, 0) is 6.54 Å². The number of para-hydroxylation sites is 1. The average molecular weight is 442 g/mol. The van der Waals surface area contributed by atoms with Gasteiger partial charge in [0.2, 0.25) is 0 Å². The fourth-order valence-corrected chi connectivity index (χ4v) is 4.07. The minimum atomic E-state index is -0.327. The van der Waals surface area contributed by atoms with Crippen LogP contribution in [0.1, 0.15) is 45.2 Å². The first-order valence-corrected chi connectivity index (χ1v) is 11.1. The van der Waals surface area contributed by atoms with E-state index in [1.54, 1.807) is 47.4 Å². The van der Waals surface area contributed by atoms with Gasteiger partial charge in [0.05, 0.1) is 5.69 Å². The molecule has 1 aliphatic heterocycles. The number of rotatable bonds is 6. The number of urea groups is 1. The molecular weight excluding hydrogens is 414 g/mol. The van der Waals surface area contributed by atoms with E-state index in [2.05, 4.69) is 5.32 Å². The lowest BCUT2D eigenvalue weighted by atomic mass is 10.1. The topological polar surface area (TPSA) is 69.7 Å². The summed E-state index contributed by atoms with van der Waals surface area (Å²) in [5.74, 6) is -0.445. The second-order valence-electron chi connectivity index (χ2n) is 8.24. The molecule has 0 saturated carbocycles. The molecule has 6 nitrogen and oxygen atoms in total. The summed E-state index contributed by atoms with van der Waals surface area (Å²) in [6, 6.07) is 22.0. The van der Waals surface area contributed by atoms with E-state index in [9.17, 15) is 14.4 Å². The number of ketones is 1. The van der Waals surface area contributed by atoms with E-state index in [1.807, 2.05) is 42.2 Å². The molecule has 0 aromatic heterocycles. The van der Waals surface area contributed by atoms with Crippen LogP contribution < -0.4 is 10.2 Å². The van der Waals surface area contributed by atoms with E-state index in [4.69, 9.17) is 0 Å². The molecule has 0 aliphatic carbocycles. The summed E-state index contributed by atoms with van der Waals surface area (Å²) in [6.07, 6.45) is 0.847. The van der Waals surface area contributed by atoms with Gasteiger partial charge in [0.25, 0.3) is 5.91 Å². The lowest BCUT2D eigenvalue weighted by Gasteiger charge is -2.36. The van der Waals surface area contributed by atoms with Crippen molar-refractivity contribution in [2.45, 2.75) is 26.8 Å². The number of carbonyl (C=O) groups excluding carboxylic acids is 3. The first-order valence-electron chi connectivity index (χ1n) is 11.1. The van der Waals surface area contributed by atoms with Gasteiger partial charge in [-0.05, 0) is 61.7 Å². The molecule has 1 aliphatic rings. The molecule has 0 bridgehead atoms. The highest BCUT2D eigenvalue weighted by Gasteiger charge is 2.27. The minimum Gasteiger partial charge on any atom is -0.321 e. The Morgan fingerprint density at radius 1 is 0.939 bits per heavy atom. The predicted molar refractivity (Wildman–Crippen MR) is 130 cm³/mol. The summed E-state index contributed by atoms with van der Waals surface area (Å²) < 4.78 is 0. The number of amides is 3. The first kappa shape index (κ1) is 22.3. The molecular formula is C27H27N3O3. The van der Waals surface area contributed by atoms with E-state index in [-0.39, 0.29) is 17.7 Å². The largest absolute Gasteiger partial charge is 0.324 e. The number of Topliss-reactive ketones (excluding diaryl/α,β-unsaturated/α-hetero) is 1. The number of anilines is 2. The Labute approximate surface area is 193 Å². The molecule has 4 rings (SSSR count). The maximum atomic E-state index is 13.2. The predicted octanol–water partition coefficient (Wildman–Crippen LogP) is 5.28. The highest BCUT2D eigenvalue weighted by atomic mass is 16.2. The number of hydrogen-bond donors (Lipinski definition) is 1. The monoisotopic (exact) mass is 441 g/mol. The second-order valence-corrected chi connectivity index (χ2v) is 8.24. The molecule has 0 unspecified atom stereocenters. The van der Waals surface area contributed by atoms with Gasteiger partial charge in [-0.25, -0.2) is 4.79 Å². The Kier molecular flexibility index (Phi) is 6.54. The second kappa shape index (κ2) is 9.69. The summed E-state index contributed by atoms with van der Waals surface area (Å²) in [6.45, 7) is 5.38. The zero-order chi connectivity index (χ0) is 23.4. The van der Waals surface area contributed by atoms with Crippen molar-refractivity contribution in [3.63, 3.8) is 0 Å². The normalized spacial score (nSPS) is 13.7. The summed E-state index contributed by atoms with van der Waals surface area (Å²) in [5, 5.41) is 2.82. The molecule has 168 valence electrons. The lowest BCUT2D eigenvalue weighted by Crippen LogP contribution is -2.49. The number of benzene rings is 3. The van der Waals surface area contributed by atoms with Gasteiger partial charge in [-0.15, -0.1) is 0 Å². The highest BCUT2D eigenvalue weighted by molar-refractivity contribution is 6.09. The van der Waals surface area contributed by atoms with Crippen molar-refractivity contribution < 1.29 is 14.4 Å². The van der Waals surface area contributed by atoms with Gasteiger partial charge in [0, 0.05) is 36.4 Å². The van der Waals surface area contributed by atoms with Gasteiger partial charge in [-0.1, -0.05) is 42.5 Å². The highest BCUT2D eigenvalue weighted by Crippen LogP contribution is 2.24. The van der Waals surface area contributed by atoms with Crippen LogP contribution >= 0.6 is 0 Å². The zero-order valence-corrected chi connectivity index (χ0v) is 18.9. The van der Waals surface area contributed by atoms with Crippen molar-refractivity contribution in [2.75, 3.05) is 23.3 Å². The Hall–Kier alpha value is -3.93. The molecule has 0 atom stereocenters. The zero-order valence-electron chi connectivity index (χ0n) is 18.9. The lowest BCUT2D eigenvalue weighted by molar-refractivity contribution is 0.101. The van der Waals surface area contributed by atoms with E-state index in [1.165, 1.54) is 6.92 Å². The van der Waals surface area contributed by atoms with Crippen molar-refractivity contribution in [1.82, 2.24) is 4.90 Å². The Morgan fingerprint density at radius 2 is 1.70 bits per heavy atom. The van der Waals surface area contributed by atoms with Crippen LogP contribution in [0, 0.1) is 6.92 Å². The Balaban J connectivity index is 1.52. The molecule has 0 radical (unpaired) electrons. The first-order chi connectivity index (χ1) is 15.9. The molecule has 0 spiro atoms. The third-order valence-electron chi connectivity index (χ3n) is 5.91. The minimum absolute atomic E-state index is 0.0658. The Bertz CT molecular complexity index is 1200.